The predicted molar refractivity (Wildman–Crippen MR) is 78.8 cm³/mol. The van der Waals surface area contributed by atoms with Gasteiger partial charge < -0.3 is 15.5 Å². The number of aryl methyl sites for hydroxylation is 1. The molecular weight excluding hydrogens is 270 g/mol. The fraction of sp³-hybridized carbons (Fsp3) is 0.214. The second-order valence-corrected chi connectivity index (χ2v) is 4.37. The molecule has 2 aromatic rings. The van der Waals surface area contributed by atoms with Gasteiger partial charge in [-0.3, -0.25) is 4.79 Å². The highest BCUT2D eigenvalue weighted by atomic mass is 16.5. The molecule has 0 fully saturated rings. The van der Waals surface area contributed by atoms with E-state index in [4.69, 9.17) is 10.6 Å². The van der Waals surface area contributed by atoms with E-state index in [9.17, 15) is 4.79 Å². The van der Waals surface area contributed by atoms with Crippen LogP contribution in [0.2, 0.25) is 0 Å². The summed E-state index contributed by atoms with van der Waals surface area (Å²) in [5, 5.41) is 10.2. The van der Waals surface area contributed by atoms with Gasteiger partial charge in [0, 0.05) is 0 Å². The first-order valence-corrected chi connectivity index (χ1v) is 6.47. The lowest BCUT2D eigenvalue weighted by Gasteiger charge is -2.08. The molecule has 1 aromatic heterocycles. The lowest BCUT2D eigenvalue weighted by Crippen LogP contribution is -2.29. The van der Waals surface area contributed by atoms with Crippen molar-refractivity contribution in [3.05, 3.63) is 47.7 Å². The summed E-state index contributed by atoms with van der Waals surface area (Å²) >= 11 is 0. The van der Waals surface area contributed by atoms with Gasteiger partial charge in [-0.15, -0.1) is 10.2 Å². The number of nitrogens with one attached hydrogen (secondary N) is 2. The molecular formula is C14H17N5O2. The number of anilines is 1. The van der Waals surface area contributed by atoms with Gasteiger partial charge >= 0.3 is 0 Å². The third-order valence-electron chi connectivity index (χ3n) is 2.69. The Morgan fingerprint density at radius 1 is 1.29 bits per heavy atom. The molecule has 1 heterocycles. The third kappa shape index (κ3) is 4.43. The van der Waals surface area contributed by atoms with Crippen LogP contribution in [0.4, 0.5) is 5.82 Å². The number of carbonyl (C=O) groups excluding carboxylic acids is 1. The standard InChI is InChI=1S/C14H17N5O2/c1-10-3-2-4-11(9-10)21-8-7-16-14(20)12-5-6-13(17-15)19-18-12/h2-6,9H,7-8,15H2,1H3,(H,16,20)(H,17,19). The van der Waals surface area contributed by atoms with Crippen LogP contribution in [-0.4, -0.2) is 29.3 Å². The Morgan fingerprint density at radius 3 is 2.81 bits per heavy atom. The second kappa shape index (κ2) is 7.20. The molecule has 1 amide bonds. The lowest BCUT2D eigenvalue weighted by molar-refractivity contribution is 0.0941. The molecule has 0 unspecified atom stereocenters. The number of hydrogen-bond donors (Lipinski definition) is 3. The highest BCUT2D eigenvalue weighted by molar-refractivity contribution is 5.92. The molecule has 1 aromatic carbocycles. The molecule has 0 aliphatic rings. The molecule has 2 rings (SSSR count). The Kier molecular flexibility index (Phi) is 5.05. The van der Waals surface area contributed by atoms with Crippen LogP contribution < -0.4 is 21.3 Å². The van der Waals surface area contributed by atoms with E-state index in [1.54, 1.807) is 12.1 Å². The van der Waals surface area contributed by atoms with Crippen molar-refractivity contribution in [1.29, 1.82) is 0 Å². The molecule has 7 heteroatoms. The van der Waals surface area contributed by atoms with Crippen LogP contribution in [0.15, 0.2) is 36.4 Å². The van der Waals surface area contributed by atoms with Crippen molar-refractivity contribution in [2.75, 3.05) is 18.6 Å². The number of nitrogens with zero attached hydrogens (tertiary/aromatic N) is 2. The maximum absolute atomic E-state index is 11.8. The zero-order valence-corrected chi connectivity index (χ0v) is 11.7. The summed E-state index contributed by atoms with van der Waals surface area (Å²) in [5.41, 5.74) is 3.69. The smallest absolute Gasteiger partial charge is 0.271 e. The number of benzene rings is 1. The Bertz CT molecular complexity index is 601. The summed E-state index contributed by atoms with van der Waals surface area (Å²) in [6, 6.07) is 10.8. The summed E-state index contributed by atoms with van der Waals surface area (Å²) in [6.07, 6.45) is 0. The first kappa shape index (κ1) is 14.7. The van der Waals surface area contributed by atoms with Crippen LogP contribution in [-0.2, 0) is 0 Å². The Hall–Kier alpha value is -2.67. The van der Waals surface area contributed by atoms with Crippen LogP contribution in [0, 0.1) is 6.92 Å². The van der Waals surface area contributed by atoms with E-state index >= 15 is 0 Å². The predicted octanol–water partition coefficient (Wildman–Crippen LogP) is 0.879. The van der Waals surface area contributed by atoms with E-state index in [2.05, 4.69) is 20.9 Å². The van der Waals surface area contributed by atoms with E-state index in [1.807, 2.05) is 31.2 Å². The number of amides is 1. The SMILES string of the molecule is Cc1cccc(OCCNC(=O)c2ccc(NN)nn2)c1. The molecule has 0 aliphatic heterocycles. The summed E-state index contributed by atoms with van der Waals surface area (Å²) < 4.78 is 5.53. The first-order chi connectivity index (χ1) is 10.2. The topological polar surface area (TPSA) is 102 Å². The Balaban J connectivity index is 1.76. The second-order valence-electron chi connectivity index (χ2n) is 4.37. The van der Waals surface area contributed by atoms with Crippen molar-refractivity contribution >= 4 is 11.7 Å². The molecule has 0 saturated heterocycles. The van der Waals surface area contributed by atoms with Crippen LogP contribution in [0.1, 0.15) is 16.1 Å². The van der Waals surface area contributed by atoms with E-state index in [0.29, 0.717) is 19.0 Å². The van der Waals surface area contributed by atoms with Crippen molar-refractivity contribution in [3.8, 4) is 5.75 Å². The van der Waals surface area contributed by atoms with Crippen molar-refractivity contribution in [2.45, 2.75) is 6.92 Å². The first-order valence-electron chi connectivity index (χ1n) is 6.47. The average Bonchev–Trinajstić information content (AvgIpc) is 2.51. The van der Waals surface area contributed by atoms with Gasteiger partial charge in [0.2, 0.25) is 0 Å². The molecule has 0 atom stereocenters. The Morgan fingerprint density at radius 2 is 2.14 bits per heavy atom. The van der Waals surface area contributed by atoms with Crippen LogP contribution in [0.25, 0.3) is 0 Å². The maximum Gasteiger partial charge on any atom is 0.271 e. The van der Waals surface area contributed by atoms with E-state index in [-0.39, 0.29) is 11.6 Å². The van der Waals surface area contributed by atoms with Crippen molar-refractivity contribution in [3.63, 3.8) is 0 Å². The van der Waals surface area contributed by atoms with Crippen molar-refractivity contribution in [1.82, 2.24) is 15.5 Å². The molecule has 21 heavy (non-hydrogen) atoms. The summed E-state index contributed by atoms with van der Waals surface area (Å²) in [6.45, 7) is 2.75. The van der Waals surface area contributed by atoms with Gasteiger partial charge in [-0.1, -0.05) is 12.1 Å². The molecule has 4 N–H and O–H groups in total. The summed E-state index contributed by atoms with van der Waals surface area (Å²) in [4.78, 5) is 11.8. The zero-order valence-electron chi connectivity index (χ0n) is 11.7. The molecule has 0 radical (unpaired) electrons. The fourth-order valence-electron chi connectivity index (χ4n) is 1.66. The highest BCUT2D eigenvalue weighted by Crippen LogP contribution is 2.11. The third-order valence-corrected chi connectivity index (χ3v) is 2.69. The largest absolute Gasteiger partial charge is 0.492 e. The quantitative estimate of drug-likeness (QED) is 0.414. The maximum atomic E-state index is 11.8. The Labute approximate surface area is 122 Å². The van der Waals surface area contributed by atoms with Gasteiger partial charge in [0.1, 0.15) is 12.4 Å². The number of nitrogens with two attached hydrogens (primary N) is 1. The number of nitrogen functional groups attached to an aromatic ring is 1. The number of aromatic nitrogens is 2. The normalized spacial score (nSPS) is 10.0. The average molecular weight is 287 g/mol. The number of rotatable bonds is 6. The fourth-order valence-corrected chi connectivity index (χ4v) is 1.66. The van der Waals surface area contributed by atoms with Gasteiger partial charge in [0.15, 0.2) is 11.5 Å². The van der Waals surface area contributed by atoms with E-state index in [1.165, 1.54) is 0 Å². The molecule has 0 bridgehead atoms. The number of ether oxygens (including phenoxy) is 1. The minimum atomic E-state index is -0.307. The van der Waals surface area contributed by atoms with Gasteiger partial charge in [0.05, 0.1) is 6.54 Å². The van der Waals surface area contributed by atoms with Crippen molar-refractivity contribution < 1.29 is 9.53 Å². The monoisotopic (exact) mass is 287 g/mol. The van der Waals surface area contributed by atoms with E-state index < -0.39 is 0 Å². The number of carbonyl (C=O) groups is 1. The van der Waals surface area contributed by atoms with Crippen LogP contribution >= 0.6 is 0 Å². The molecule has 0 saturated carbocycles. The van der Waals surface area contributed by atoms with Gasteiger partial charge in [-0.25, -0.2) is 5.84 Å². The van der Waals surface area contributed by atoms with E-state index in [0.717, 1.165) is 11.3 Å². The minimum absolute atomic E-state index is 0.226. The van der Waals surface area contributed by atoms with Crippen LogP contribution in [0.3, 0.4) is 0 Å². The zero-order chi connectivity index (χ0) is 15.1. The molecule has 7 nitrogen and oxygen atoms in total. The minimum Gasteiger partial charge on any atom is -0.492 e. The number of hydrogen-bond acceptors (Lipinski definition) is 6. The highest BCUT2D eigenvalue weighted by Gasteiger charge is 2.07. The lowest BCUT2D eigenvalue weighted by atomic mass is 10.2. The van der Waals surface area contributed by atoms with Crippen LogP contribution in [0.5, 0.6) is 5.75 Å². The molecule has 0 aliphatic carbocycles. The summed E-state index contributed by atoms with van der Waals surface area (Å²) in [5.74, 6) is 6.04. The van der Waals surface area contributed by atoms with Gasteiger partial charge in [-0.05, 0) is 36.8 Å². The number of hydrazine groups is 1. The summed E-state index contributed by atoms with van der Waals surface area (Å²) in [7, 11) is 0. The molecule has 0 spiro atoms. The van der Waals surface area contributed by atoms with Gasteiger partial charge in [0.25, 0.3) is 5.91 Å². The van der Waals surface area contributed by atoms with Crippen molar-refractivity contribution in [2.24, 2.45) is 5.84 Å². The molecule has 110 valence electrons. The van der Waals surface area contributed by atoms with Gasteiger partial charge in [-0.2, -0.15) is 0 Å².